The van der Waals surface area contributed by atoms with Gasteiger partial charge in [-0.3, -0.25) is 10.1 Å². The van der Waals surface area contributed by atoms with E-state index < -0.39 is 28.7 Å². The van der Waals surface area contributed by atoms with Gasteiger partial charge in [0.05, 0.1) is 11.9 Å². The Hall–Kier alpha value is -2.36. The largest absolute Gasteiger partial charge is 0.462 e. The van der Waals surface area contributed by atoms with Gasteiger partial charge in [0.25, 0.3) is 0 Å². The van der Waals surface area contributed by atoms with Crippen molar-refractivity contribution in [1.82, 2.24) is 20.6 Å². The van der Waals surface area contributed by atoms with E-state index in [-0.39, 0.29) is 23.1 Å². The van der Waals surface area contributed by atoms with Crippen molar-refractivity contribution in [3.63, 3.8) is 0 Å². The molecule has 25 heavy (non-hydrogen) atoms. The van der Waals surface area contributed by atoms with Crippen molar-refractivity contribution >= 4 is 35.5 Å². The Morgan fingerprint density at radius 2 is 2.00 bits per heavy atom. The molecule has 9 nitrogen and oxygen atoms in total. The molecule has 3 amide bonds. The molecule has 0 fully saturated rings. The SMILES string of the molecule is CCOC(=O)c1cnc(SC(C)C(=O)NC(=O)NC(C)(C)C)nc1N. The lowest BCUT2D eigenvalue weighted by Gasteiger charge is -2.21. The van der Waals surface area contributed by atoms with Gasteiger partial charge in [0.2, 0.25) is 5.91 Å². The highest BCUT2D eigenvalue weighted by atomic mass is 32.2. The fraction of sp³-hybridized carbons (Fsp3) is 0.533. The highest BCUT2D eigenvalue weighted by Crippen LogP contribution is 2.21. The molecule has 1 atom stereocenters. The number of hydrogen-bond donors (Lipinski definition) is 3. The Labute approximate surface area is 150 Å². The molecule has 0 aliphatic rings. The van der Waals surface area contributed by atoms with Crippen molar-refractivity contribution in [2.75, 3.05) is 12.3 Å². The zero-order chi connectivity index (χ0) is 19.2. The fourth-order valence-electron chi connectivity index (χ4n) is 1.60. The molecule has 0 aliphatic carbocycles. The van der Waals surface area contributed by atoms with Crippen molar-refractivity contribution in [3.8, 4) is 0 Å². The Morgan fingerprint density at radius 3 is 2.52 bits per heavy atom. The van der Waals surface area contributed by atoms with Crippen LogP contribution in [0.5, 0.6) is 0 Å². The summed E-state index contributed by atoms with van der Waals surface area (Å²) in [6.45, 7) is 8.89. The summed E-state index contributed by atoms with van der Waals surface area (Å²) in [5.41, 5.74) is 5.33. The van der Waals surface area contributed by atoms with Crippen LogP contribution in [0.2, 0.25) is 0 Å². The molecule has 0 radical (unpaired) electrons. The summed E-state index contributed by atoms with van der Waals surface area (Å²) in [5, 5.41) is 4.45. The number of nitrogens with zero attached hydrogens (tertiary/aromatic N) is 2. The summed E-state index contributed by atoms with van der Waals surface area (Å²) in [6.07, 6.45) is 1.25. The van der Waals surface area contributed by atoms with Crippen molar-refractivity contribution < 1.29 is 19.1 Å². The highest BCUT2D eigenvalue weighted by Gasteiger charge is 2.22. The van der Waals surface area contributed by atoms with E-state index in [2.05, 4.69) is 20.6 Å². The van der Waals surface area contributed by atoms with Gasteiger partial charge in [-0.05, 0) is 34.6 Å². The minimum atomic E-state index is -0.640. The molecule has 0 bridgehead atoms. The number of aromatic nitrogens is 2. The van der Waals surface area contributed by atoms with E-state index in [4.69, 9.17) is 10.5 Å². The van der Waals surface area contributed by atoms with Gasteiger partial charge in [0.15, 0.2) is 5.16 Å². The molecule has 1 aromatic rings. The molecule has 0 aliphatic heterocycles. The van der Waals surface area contributed by atoms with E-state index in [1.54, 1.807) is 34.6 Å². The number of carbonyl (C=O) groups excluding carboxylic acids is 3. The topological polar surface area (TPSA) is 136 Å². The number of ether oxygens (including phenoxy) is 1. The lowest BCUT2D eigenvalue weighted by atomic mass is 10.1. The monoisotopic (exact) mass is 369 g/mol. The fourth-order valence-corrected chi connectivity index (χ4v) is 2.34. The van der Waals surface area contributed by atoms with E-state index in [1.807, 2.05) is 0 Å². The Balaban J connectivity index is 2.69. The summed E-state index contributed by atoms with van der Waals surface area (Å²) in [7, 11) is 0. The number of rotatable bonds is 5. The van der Waals surface area contributed by atoms with Crippen LogP contribution in [-0.4, -0.2) is 45.3 Å². The minimum absolute atomic E-state index is 0.0333. The molecular weight excluding hydrogens is 346 g/mol. The smallest absolute Gasteiger partial charge is 0.343 e. The summed E-state index contributed by atoms with van der Waals surface area (Å²) in [6, 6.07) is -0.581. The lowest BCUT2D eigenvalue weighted by Crippen LogP contribution is -2.49. The first kappa shape index (κ1) is 20.7. The number of nitrogens with one attached hydrogen (secondary N) is 2. The second-order valence-electron chi connectivity index (χ2n) is 6.13. The maximum Gasteiger partial charge on any atom is 0.343 e. The number of hydrogen-bond acceptors (Lipinski definition) is 8. The van der Waals surface area contributed by atoms with Gasteiger partial charge in [0, 0.05) is 11.7 Å². The zero-order valence-electron chi connectivity index (χ0n) is 14.9. The molecule has 10 heteroatoms. The van der Waals surface area contributed by atoms with Crippen LogP contribution in [0.4, 0.5) is 10.6 Å². The molecule has 0 spiro atoms. The number of esters is 1. The molecular formula is C15H23N5O4S. The Morgan fingerprint density at radius 1 is 1.36 bits per heavy atom. The molecule has 1 aromatic heterocycles. The number of carbonyl (C=O) groups is 3. The third kappa shape index (κ3) is 6.96. The molecule has 1 heterocycles. The van der Waals surface area contributed by atoms with E-state index in [0.29, 0.717) is 0 Å². The van der Waals surface area contributed by atoms with Gasteiger partial charge >= 0.3 is 12.0 Å². The maximum atomic E-state index is 12.0. The van der Waals surface area contributed by atoms with Gasteiger partial charge in [0.1, 0.15) is 11.4 Å². The number of amides is 3. The van der Waals surface area contributed by atoms with E-state index in [9.17, 15) is 14.4 Å². The zero-order valence-corrected chi connectivity index (χ0v) is 15.7. The van der Waals surface area contributed by atoms with Crippen molar-refractivity contribution in [1.29, 1.82) is 0 Å². The summed E-state index contributed by atoms with van der Waals surface area (Å²) < 4.78 is 4.84. The van der Waals surface area contributed by atoms with Gasteiger partial charge in [-0.15, -0.1) is 0 Å². The minimum Gasteiger partial charge on any atom is -0.462 e. The van der Waals surface area contributed by atoms with Crippen molar-refractivity contribution in [2.24, 2.45) is 0 Å². The molecule has 1 unspecified atom stereocenters. The number of nitrogens with two attached hydrogens (primary N) is 1. The average Bonchev–Trinajstić information content (AvgIpc) is 2.45. The first-order valence-electron chi connectivity index (χ1n) is 7.62. The summed E-state index contributed by atoms with van der Waals surface area (Å²) in [5.74, 6) is -1.14. The lowest BCUT2D eigenvalue weighted by molar-refractivity contribution is -0.119. The standard InChI is InChI=1S/C15H23N5O4S/c1-6-24-12(22)9-7-17-14(18-10(9)16)25-8(2)11(21)19-13(23)20-15(3,4)5/h7-8H,6H2,1-5H3,(H2,16,17,18)(H2,19,20,21,23). The molecule has 0 aromatic carbocycles. The van der Waals surface area contributed by atoms with Crippen LogP contribution in [0.1, 0.15) is 45.0 Å². The number of nitrogen functional groups attached to an aromatic ring is 1. The van der Waals surface area contributed by atoms with Gasteiger partial charge in [-0.1, -0.05) is 11.8 Å². The first-order valence-corrected chi connectivity index (χ1v) is 8.50. The number of urea groups is 1. The van der Waals surface area contributed by atoms with E-state index in [1.165, 1.54) is 6.20 Å². The number of anilines is 1. The van der Waals surface area contributed by atoms with Crippen LogP contribution in [0, 0.1) is 0 Å². The van der Waals surface area contributed by atoms with Crippen LogP contribution in [0.25, 0.3) is 0 Å². The van der Waals surface area contributed by atoms with Gasteiger partial charge in [-0.25, -0.2) is 19.6 Å². The molecule has 138 valence electrons. The highest BCUT2D eigenvalue weighted by molar-refractivity contribution is 8.00. The second kappa shape index (κ2) is 8.65. The van der Waals surface area contributed by atoms with Crippen LogP contribution in [0.15, 0.2) is 11.4 Å². The molecule has 0 saturated carbocycles. The van der Waals surface area contributed by atoms with Gasteiger partial charge < -0.3 is 15.8 Å². The third-order valence-electron chi connectivity index (χ3n) is 2.67. The first-order chi connectivity index (χ1) is 11.5. The molecule has 0 saturated heterocycles. The van der Waals surface area contributed by atoms with Crippen molar-refractivity contribution in [3.05, 3.63) is 11.8 Å². The molecule has 1 rings (SSSR count). The van der Waals surface area contributed by atoms with E-state index >= 15 is 0 Å². The normalized spacial score (nSPS) is 12.2. The Bertz CT molecular complexity index is 660. The predicted molar refractivity (Wildman–Crippen MR) is 94.1 cm³/mol. The van der Waals surface area contributed by atoms with Crippen LogP contribution in [-0.2, 0) is 9.53 Å². The second-order valence-corrected chi connectivity index (χ2v) is 7.43. The third-order valence-corrected chi connectivity index (χ3v) is 3.64. The van der Waals surface area contributed by atoms with Crippen LogP contribution >= 0.6 is 11.8 Å². The van der Waals surface area contributed by atoms with Gasteiger partial charge in [-0.2, -0.15) is 0 Å². The Kier molecular flexibility index (Phi) is 7.16. The van der Waals surface area contributed by atoms with E-state index in [0.717, 1.165) is 11.8 Å². The summed E-state index contributed by atoms with van der Waals surface area (Å²) in [4.78, 5) is 43.4. The van der Waals surface area contributed by atoms with Crippen LogP contribution in [0.3, 0.4) is 0 Å². The quantitative estimate of drug-likeness (QED) is 0.402. The predicted octanol–water partition coefficient (Wildman–Crippen LogP) is 1.34. The van der Waals surface area contributed by atoms with Crippen molar-refractivity contribution in [2.45, 2.75) is 50.6 Å². The average molecular weight is 369 g/mol. The van der Waals surface area contributed by atoms with Crippen LogP contribution < -0.4 is 16.4 Å². The summed E-state index contributed by atoms with van der Waals surface area (Å²) >= 11 is 1.01. The molecule has 4 N–H and O–H groups in total. The number of thioether (sulfide) groups is 1. The maximum absolute atomic E-state index is 12.0. The number of imide groups is 1.